The summed E-state index contributed by atoms with van der Waals surface area (Å²) < 4.78 is 12.6. The summed E-state index contributed by atoms with van der Waals surface area (Å²) in [6.07, 6.45) is 4.71. The average Bonchev–Trinajstić information content (AvgIpc) is 2.33. The summed E-state index contributed by atoms with van der Waals surface area (Å²) in [7, 11) is 0. The molecule has 2 rings (SSSR count). The van der Waals surface area contributed by atoms with Crippen LogP contribution in [0.5, 0.6) is 0 Å². The molecule has 0 spiro atoms. The zero-order valence-electron chi connectivity index (χ0n) is 9.93. The zero-order chi connectivity index (χ0) is 12.3. The Labute approximate surface area is 112 Å². The minimum atomic E-state index is -0.440. The third-order valence-electron chi connectivity index (χ3n) is 3.07. The highest BCUT2D eigenvalue weighted by atomic mass is 35.5. The Morgan fingerprint density at radius 3 is 2.56 bits per heavy atom. The average molecular weight is 274 g/mol. The van der Waals surface area contributed by atoms with Gasteiger partial charge < -0.3 is 11.1 Å². The van der Waals surface area contributed by atoms with Crippen molar-refractivity contribution in [3.05, 3.63) is 29.8 Å². The molecule has 1 aliphatic rings. The van der Waals surface area contributed by atoms with Gasteiger partial charge in [-0.15, -0.1) is 12.4 Å². The molecule has 1 aromatic rings. The van der Waals surface area contributed by atoms with Crippen LogP contribution in [-0.4, -0.2) is 23.0 Å². The van der Waals surface area contributed by atoms with Crippen molar-refractivity contribution in [2.45, 2.75) is 37.8 Å². The van der Waals surface area contributed by atoms with Gasteiger partial charge in [-0.1, -0.05) is 0 Å². The Morgan fingerprint density at radius 1 is 1.33 bits per heavy atom. The van der Waals surface area contributed by atoms with Gasteiger partial charge in [0.25, 0.3) is 5.91 Å². The van der Waals surface area contributed by atoms with Crippen molar-refractivity contribution in [3.63, 3.8) is 0 Å². The van der Waals surface area contributed by atoms with Crippen LogP contribution in [0.2, 0.25) is 0 Å². The molecule has 1 aliphatic carbocycles. The number of pyridine rings is 1. The summed E-state index contributed by atoms with van der Waals surface area (Å²) in [6.45, 7) is 0. The van der Waals surface area contributed by atoms with Gasteiger partial charge in [-0.25, -0.2) is 9.37 Å². The summed E-state index contributed by atoms with van der Waals surface area (Å²) in [6, 6.07) is 3.04. The van der Waals surface area contributed by atoms with E-state index in [1.807, 2.05) is 0 Å². The van der Waals surface area contributed by atoms with E-state index >= 15 is 0 Å². The third-order valence-corrected chi connectivity index (χ3v) is 3.07. The maximum Gasteiger partial charge on any atom is 0.270 e. The number of halogens is 2. The first kappa shape index (κ1) is 14.9. The van der Waals surface area contributed by atoms with E-state index in [9.17, 15) is 9.18 Å². The Balaban J connectivity index is 0.00000162. The number of amides is 1. The summed E-state index contributed by atoms with van der Waals surface area (Å²) in [5.74, 6) is -0.685. The molecule has 0 atom stereocenters. The standard InChI is InChI=1S/C12H16FN3O.ClH/c13-8-1-6-11(15-7-8)12(17)16-10-4-2-9(14)3-5-10;/h1,6-7,9-10H,2-5,14H2,(H,16,17);1H. The van der Waals surface area contributed by atoms with Gasteiger partial charge in [0.15, 0.2) is 0 Å². The Hall–Kier alpha value is -1.20. The minimum Gasteiger partial charge on any atom is -0.348 e. The number of carbonyl (C=O) groups excluding carboxylic acids is 1. The van der Waals surface area contributed by atoms with Crippen molar-refractivity contribution >= 4 is 18.3 Å². The first-order valence-electron chi connectivity index (χ1n) is 5.83. The molecule has 0 bridgehead atoms. The van der Waals surface area contributed by atoms with Crippen LogP contribution in [0.4, 0.5) is 4.39 Å². The normalized spacial score (nSPS) is 23.0. The fourth-order valence-electron chi connectivity index (χ4n) is 2.03. The van der Waals surface area contributed by atoms with E-state index in [1.54, 1.807) is 0 Å². The van der Waals surface area contributed by atoms with Crippen molar-refractivity contribution < 1.29 is 9.18 Å². The molecule has 6 heteroatoms. The molecular formula is C12H17ClFN3O. The van der Waals surface area contributed by atoms with Gasteiger partial charge in [-0.2, -0.15) is 0 Å². The fraction of sp³-hybridized carbons (Fsp3) is 0.500. The number of carbonyl (C=O) groups is 1. The molecule has 0 unspecified atom stereocenters. The molecule has 0 radical (unpaired) electrons. The van der Waals surface area contributed by atoms with Crippen LogP contribution < -0.4 is 11.1 Å². The number of nitrogens with two attached hydrogens (primary N) is 1. The minimum absolute atomic E-state index is 0. The summed E-state index contributed by atoms with van der Waals surface area (Å²) in [4.78, 5) is 15.5. The number of rotatable bonds is 2. The smallest absolute Gasteiger partial charge is 0.270 e. The Kier molecular flexibility index (Phi) is 5.50. The highest BCUT2D eigenvalue weighted by Crippen LogP contribution is 2.17. The lowest BCUT2D eigenvalue weighted by Gasteiger charge is -2.26. The van der Waals surface area contributed by atoms with Gasteiger partial charge >= 0.3 is 0 Å². The summed E-state index contributed by atoms with van der Waals surface area (Å²) >= 11 is 0. The summed E-state index contributed by atoms with van der Waals surface area (Å²) in [5, 5.41) is 2.90. The maximum absolute atomic E-state index is 12.6. The number of hydrogen-bond acceptors (Lipinski definition) is 3. The molecule has 3 N–H and O–H groups in total. The molecule has 18 heavy (non-hydrogen) atoms. The molecule has 0 aliphatic heterocycles. The highest BCUT2D eigenvalue weighted by Gasteiger charge is 2.20. The van der Waals surface area contributed by atoms with Crippen molar-refractivity contribution in [1.82, 2.24) is 10.3 Å². The van der Waals surface area contributed by atoms with Gasteiger partial charge in [-0.05, 0) is 37.8 Å². The van der Waals surface area contributed by atoms with Crippen LogP contribution >= 0.6 is 12.4 Å². The van der Waals surface area contributed by atoms with Crippen LogP contribution in [0, 0.1) is 5.82 Å². The lowest BCUT2D eigenvalue weighted by Crippen LogP contribution is -2.40. The molecule has 100 valence electrons. The van der Waals surface area contributed by atoms with Gasteiger partial charge in [-0.3, -0.25) is 4.79 Å². The van der Waals surface area contributed by atoms with Crippen LogP contribution in [0.3, 0.4) is 0 Å². The number of nitrogens with zero attached hydrogens (tertiary/aromatic N) is 1. The monoisotopic (exact) mass is 273 g/mol. The molecule has 1 heterocycles. The van der Waals surface area contributed by atoms with Gasteiger partial charge in [0.1, 0.15) is 11.5 Å². The predicted octanol–water partition coefficient (Wildman–Crippen LogP) is 1.64. The van der Waals surface area contributed by atoms with Gasteiger partial charge in [0, 0.05) is 12.1 Å². The van der Waals surface area contributed by atoms with Gasteiger partial charge in [0.05, 0.1) is 6.20 Å². The predicted molar refractivity (Wildman–Crippen MR) is 69.1 cm³/mol. The molecule has 1 amide bonds. The molecule has 0 saturated heterocycles. The number of nitrogens with one attached hydrogen (secondary N) is 1. The van der Waals surface area contributed by atoms with Gasteiger partial charge in [0.2, 0.25) is 0 Å². The fourth-order valence-corrected chi connectivity index (χ4v) is 2.03. The molecule has 1 saturated carbocycles. The van der Waals surface area contributed by atoms with Crippen molar-refractivity contribution in [1.29, 1.82) is 0 Å². The Bertz CT molecular complexity index is 391. The van der Waals surface area contributed by atoms with Crippen molar-refractivity contribution in [2.75, 3.05) is 0 Å². The first-order valence-corrected chi connectivity index (χ1v) is 5.83. The molecule has 1 fully saturated rings. The lowest BCUT2D eigenvalue weighted by atomic mass is 9.92. The second-order valence-electron chi connectivity index (χ2n) is 4.45. The van der Waals surface area contributed by atoms with E-state index in [2.05, 4.69) is 10.3 Å². The first-order chi connectivity index (χ1) is 8.15. The van der Waals surface area contributed by atoms with E-state index in [4.69, 9.17) is 5.73 Å². The quantitative estimate of drug-likeness (QED) is 0.861. The zero-order valence-corrected chi connectivity index (χ0v) is 10.8. The topological polar surface area (TPSA) is 68.0 Å². The number of aromatic nitrogens is 1. The van der Waals surface area contributed by atoms with Crippen LogP contribution in [0.1, 0.15) is 36.2 Å². The van der Waals surface area contributed by atoms with E-state index < -0.39 is 5.82 Å². The van der Waals surface area contributed by atoms with Crippen molar-refractivity contribution in [2.24, 2.45) is 5.73 Å². The molecule has 1 aromatic heterocycles. The molecule has 0 aromatic carbocycles. The van der Waals surface area contributed by atoms with Crippen molar-refractivity contribution in [3.8, 4) is 0 Å². The third kappa shape index (κ3) is 3.92. The van der Waals surface area contributed by atoms with E-state index in [-0.39, 0.29) is 36.1 Å². The van der Waals surface area contributed by atoms with E-state index in [1.165, 1.54) is 12.1 Å². The SMILES string of the molecule is Cl.NC1CCC(NC(=O)c2ccc(F)cn2)CC1. The van der Waals surface area contributed by atoms with E-state index in [0.717, 1.165) is 31.9 Å². The molecule has 4 nitrogen and oxygen atoms in total. The van der Waals surface area contributed by atoms with Crippen LogP contribution in [-0.2, 0) is 0 Å². The number of hydrogen-bond donors (Lipinski definition) is 2. The highest BCUT2D eigenvalue weighted by molar-refractivity contribution is 5.92. The maximum atomic E-state index is 12.6. The largest absolute Gasteiger partial charge is 0.348 e. The second kappa shape index (κ2) is 6.66. The van der Waals surface area contributed by atoms with Crippen LogP contribution in [0.15, 0.2) is 18.3 Å². The lowest BCUT2D eigenvalue weighted by molar-refractivity contribution is 0.0920. The summed E-state index contributed by atoms with van der Waals surface area (Å²) in [5.41, 5.74) is 6.04. The second-order valence-corrected chi connectivity index (χ2v) is 4.45. The molecular weight excluding hydrogens is 257 g/mol. The van der Waals surface area contributed by atoms with Crippen LogP contribution in [0.25, 0.3) is 0 Å². The Morgan fingerprint density at radius 2 is 2.00 bits per heavy atom. The van der Waals surface area contributed by atoms with E-state index in [0.29, 0.717) is 0 Å².